The van der Waals surface area contributed by atoms with E-state index in [-0.39, 0.29) is 22.5 Å². The molecule has 0 saturated heterocycles. The Labute approximate surface area is 126 Å². The average Bonchev–Trinajstić information content (AvgIpc) is 2.87. The van der Waals surface area contributed by atoms with Crippen LogP contribution >= 0.6 is 11.3 Å². The highest BCUT2D eigenvalue weighted by Gasteiger charge is 2.17. The fourth-order valence-corrected chi connectivity index (χ4v) is 3.05. The summed E-state index contributed by atoms with van der Waals surface area (Å²) in [5.74, 6) is 0.0876. The molecule has 0 unspecified atom stereocenters. The molecule has 0 aliphatic rings. The van der Waals surface area contributed by atoms with Crippen molar-refractivity contribution in [2.24, 2.45) is 5.14 Å². The number of hydrogen-bond acceptors (Lipinski definition) is 7. The van der Waals surface area contributed by atoms with Crippen LogP contribution in [-0.2, 0) is 16.4 Å². The van der Waals surface area contributed by atoms with Crippen LogP contribution < -0.4 is 5.14 Å². The Bertz CT molecular complexity index is 751. The lowest BCUT2D eigenvalue weighted by molar-refractivity contribution is 0.0992. The summed E-state index contributed by atoms with van der Waals surface area (Å²) in [6, 6.07) is 3.50. The van der Waals surface area contributed by atoms with Crippen LogP contribution in [0.5, 0.6) is 0 Å². The van der Waals surface area contributed by atoms with Crippen molar-refractivity contribution >= 4 is 27.1 Å². The fourth-order valence-electron chi connectivity index (χ4n) is 1.58. The molecule has 2 N–H and O–H groups in total. The number of primary sulfonamides is 1. The van der Waals surface area contributed by atoms with Gasteiger partial charge in [-0.25, -0.2) is 13.6 Å². The molecule has 0 saturated carbocycles. The van der Waals surface area contributed by atoms with Gasteiger partial charge in [0.15, 0.2) is 5.78 Å². The highest BCUT2D eigenvalue weighted by Crippen LogP contribution is 2.17. The van der Waals surface area contributed by atoms with Crippen LogP contribution in [0.4, 0.5) is 0 Å². The van der Waals surface area contributed by atoms with Gasteiger partial charge in [0.25, 0.3) is 10.0 Å². The number of carbonyl (C=O) groups excluding carboxylic acids is 1. The Kier molecular flexibility index (Phi) is 4.45. The van der Waals surface area contributed by atoms with Crippen LogP contribution in [0.15, 0.2) is 22.7 Å². The maximum Gasteiger partial charge on any atom is 0.267 e. The van der Waals surface area contributed by atoms with Crippen LogP contribution in [0, 0.1) is 0 Å². The standard InChI is InChI=1S/C12H14N4O3S2/c1-7(2)9-4-3-8(6-14-9)10(17)5-11-15-16-12(20-11)21(13,18)19/h3-4,6-7H,5H2,1-2H3,(H2,13,18,19). The first-order chi connectivity index (χ1) is 9.77. The first-order valence-electron chi connectivity index (χ1n) is 6.11. The van der Waals surface area contributed by atoms with Crippen LogP contribution in [0.25, 0.3) is 0 Å². The van der Waals surface area contributed by atoms with E-state index in [1.165, 1.54) is 6.20 Å². The van der Waals surface area contributed by atoms with Crippen molar-refractivity contribution in [2.75, 3.05) is 0 Å². The topological polar surface area (TPSA) is 116 Å². The zero-order valence-corrected chi connectivity index (χ0v) is 13.1. The SMILES string of the molecule is CC(C)c1ccc(C(=O)Cc2nnc(S(N)(=O)=O)s2)cn1. The van der Waals surface area contributed by atoms with Gasteiger partial charge in [0.1, 0.15) is 5.01 Å². The maximum absolute atomic E-state index is 12.1. The van der Waals surface area contributed by atoms with Gasteiger partial charge < -0.3 is 0 Å². The monoisotopic (exact) mass is 326 g/mol. The Morgan fingerprint density at radius 2 is 2.05 bits per heavy atom. The molecule has 0 fully saturated rings. The minimum Gasteiger partial charge on any atom is -0.294 e. The third kappa shape index (κ3) is 3.90. The average molecular weight is 326 g/mol. The molecule has 0 atom stereocenters. The second-order valence-corrected chi connectivity index (χ2v) is 7.53. The van der Waals surface area contributed by atoms with E-state index < -0.39 is 10.0 Å². The molecule has 2 aromatic heterocycles. The zero-order valence-electron chi connectivity index (χ0n) is 11.5. The van der Waals surface area contributed by atoms with Crippen molar-refractivity contribution in [1.82, 2.24) is 15.2 Å². The van der Waals surface area contributed by atoms with Gasteiger partial charge >= 0.3 is 0 Å². The van der Waals surface area contributed by atoms with E-state index in [1.807, 2.05) is 13.8 Å². The van der Waals surface area contributed by atoms with Crippen LogP contribution in [-0.4, -0.2) is 29.4 Å². The normalized spacial score (nSPS) is 11.8. The van der Waals surface area contributed by atoms with E-state index >= 15 is 0 Å². The number of carbonyl (C=O) groups is 1. The predicted molar refractivity (Wildman–Crippen MR) is 77.6 cm³/mol. The first kappa shape index (κ1) is 15.7. The van der Waals surface area contributed by atoms with Gasteiger partial charge in [-0.1, -0.05) is 25.2 Å². The summed E-state index contributed by atoms with van der Waals surface area (Å²) in [4.78, 5) is 16.3. The zero-order chi connectivity index (χ0) is 15.6. The van der Waals surface area contributed by atoms with Crippen LogP contribution in [0.2, 0.25) is 0 Å². The highest BCUT2D eigenvalue weighted by molar-refractivity contribution is 7.91. The molecule has 2 heterocycles. The second-order valence-electron chi connectivity index (χ2n) is 4.73. The molecule has 21 heavy (non-hydrogen) atoms. The largest absolute Gasteiger partial charge is 0.294 e. The summed E-state index contributed by atoms with van der Waals surface area (Å²) in [7, 11) is -3.88. The molecular weight excluding hydrogens is 312 g/mol. The minimum absolute atomic E-state index is 0.0319. The molecular formula is C12H14N4O3S2. The molecule has 0 aromatic carbocycles. The molecule has 0 spiro atoms. The molecule has 7 nitrogen and oxygen atoms in total. The molecule has 0 aliphatic heterocycles. The maximum atomic E-state index is 12.1. The summed E-state index contributed by atoms with van der Waals surface area (Å²) < 4.78 is 21.9. The van der Waals surface area contributed by atoms with E-state index in [2.05, 4.69) is 15.2 Å². The summed E-state index contributed by atoms with van der Waals surface area (Å²) in [6.07, 6.45) is 1.48. The van der Waals surface area contributed by atoms with Crippen molar-refractivity contribution in [3.8, 4) is 0 Å². The Hall–Kier alpha value is -1.71. The van der Waals surface area contributed by atoms with E-state index in [0.29, 0.717) is 10.6 Å². The van der Waals surface area contributed by atoms with E-state index in [4.69, 9.17) is 5.14 Å². The summed E-state index contributed by atoms with van der Waals surface area (Å²) in [6.45, 7) is 4.03. The van der Waals surface area contributed by atoms with Crippen molar-refractivity contribution < 1.29 is 13.2 Å². The number of rotatable bonds is 5. The predicted octanol–water partition coefficient (Wildman–Crippen LogP) is 1.13. The first-order valence-corrected chi connectivity index (χ1v) is 8.48. The van der Waals surface area contributed by atoms with Gasteiger partial charge in [0.05, 0.1) is 6.42 Å². The lowest BCUT2D eigenvalue weighted by Gasteiger charge is -2.04. The number of ketones is 1. The third-order valence-corrected chi connectivity index (χ3v) is 4.94. The number of Topliss-reactive ketones (excluding diaryl/α,β-unsaturated/α-hetero) is 1. The van der Waals surface area contributed by atoms with Gasteiger partial charge in [0, 0.05) is 17.5 Å². The lowest BCUT2D eigenvalue weighted by Crippen LogP contribution is -2.11. The quantitative estimate of drug-likeness (QED) is 0.823. The van der Waals surface area contributed by atoms with Crippen molar-refractivity contribution in [2.45, 2.75) is 30.5 Å². The van der Waals surface area contributed by atoms with E-state index in [9.17, 15) is 13.2 Å². The Morgan fingerprint density at radius 3 is 2.52 bits per heavy atom. The molecule has 2 rings (SSSR count). The lowest BCUT2D eigenvalue weighted by atomic mass is 10.1. The molecule has 0 bridgehead atoms. The fraction of sp³-hybridized carbons (Fsp3) is 0.333. The van der Waals surface area contributed by atoms with Gasteiger partial charge in [-0.05, 0) is 18.1 Å². The van der Waals surface area contributed by atoms with Crippen molar-refractivity contribution in [3.05, 3.63) is 34.6 Å². The van der Waals surface area contributed by atoms with Gasteiger partial charge in [-0.2, -0.15) is 0 Å². The third-order valence-electron chi connectivity index (χ3n) is 2.70. The van der Waals surface area contributed by atoms with E-state index in [1.54, 1.807) is 12.1 Å². The van der Waals surface area contributed by atoms with Gasteiger partial charge in [0.2, 0.25) is 4.34 Å². The van der Waals surface area contributed by atoms with Crippen molar-refractivity contribution in [3.63, 3.8) is 0 Å². The minimum atomic E-state index is -3.88. The van der Waals surface area contributed by atoms with Crippen molar-refractivity contribution in [1.29, 1.82) is 0 Å². The van der Waals surface area contributed by atoms with Gasteiger partial charge in [-0.3, -0.25) is 9.78 Å². The summed E-state index contributed by atoms with van der Waals surface area (Å²) >= 11 is 0.794. The number of pyridine rings is 1. The van der Waals surface area contributed by atoms with E-state index in [0.717, 1.165) is 17.0 Å². The molecule has 0 radical (unpaired) electrons. The highest BCUT2D eigenvalue weighted by atomic mass is 32.2. The number of nitrogens with zero attached hydrogens (tertiary/aromatic N) is 3. The van der Waals surface area contributed by atoms with Crippen LogP contribution in [0.3, 0.4) is 0 Å². The molecule has 0 amide bonds. The Balaban J connectivity index is 2.12. The molecule has 112 valence electrons. The summed E-state index contributed by atoms with van der Waals surface area (Å²) in [5.41, 5.74) is 1.35. The second kappa shape index (κ2) is 5.96. The molecule has 0 aliphatic carbocycles. The molecule has 9 heteroatoms. The number of hydrogen-bond donors (Lipinski definition) is 1. The number of sulfonamides is 1. The number of nitrogens with two attached hydrogens (primary N) is 1. The molecule has 2 aromatic rings. The smallest absolute Gasteiger partial charge is 0.267 e. The van der Waals surface area contributed by atoms with Gasteiger partial charge in [-0.15, -0.1) is 10.2 Å². The summed E-state index contributed by atoms with van der Waals surface area (Å²) in [5, 5.41) is 12.4. The number of aromatic nitrogens is 3. The van der Waals surface area contributed by atoms with Crippen LogP contribution in [0.1, 0.15) is 40.8 Å². The Morgan fingerprint density at radius 1 is 1.33 bits per heavy atom.